The monoisotopic (exact) mass is 329 g/mol. The molecule has 130 valence electrons. The van der Waals surface area contributed by atoms with E-state index in [4.69, 9.17) is 4.74 Å². The summed E-state index contributed by atoms with van der Waals surface area (Å²) < 4.78 is 7.15. The van der Waals surface area contributed by atoms with Gasteiger partial charge in [-0.25, -0.2) is 4.79 Å². The van der Waals surface area contributed by atoms with Crippen molar-refractivity contribution in [1.82, 2.24) is 9.47 Å². The summed E-state index contributed by atoms with van der Waals surface area (Å²) in [6, 6.07) is 11.9. The van der Waals surface area contributed by atoms with Crippen LogP contribution in [0.1, 0.15) is 24.6 Å². The molecule has 1 heterocycles. The van der Waals surface area contributed by atoms with Gasteiger partial charge in [-0.2, -0.15) is 0 Å². The summed E-state index contributed by atoms with van der Waals surface area (Å²) in [5, 5.41) is 3.01. The number of hydrogen-bond donors (Lipinski definition) is 1. The lowest BCUT2D eigenvalue weighted by Gasteiger charge is -2.23. The highest BCUT2D eigenvalue weighted by molar-refractivity contribution is 5.89. The quantitative estimate of drug-likeness (QED) is 0.751. The SMILES string of the molecule is CCc1cccc(NC(=O)N(CCCOC)Cc2cccn2C)c1. The van der Waals surface area contributed by atoms with Gasteiger partial charge in [0.2, 0.25) is 0 Å². The van der Waals surface area contributed by atoms with Crippen LogP contribution in [0.4, 0.5) is 10.5 Å². The molecule has 0 unspecified atom stereocenters. The summed E-state index contributed by atoms with van der Waals surface area (Å²) >= 11 is 0. The van der Waals surface area contributed by atoms with E-state index in [0.29, 0.717) is 19.7 Å². The number of nitrogens with zero attached hydrogens (tertiary/aromatic N) is 2. The molecule has 0 radical (unpaired) electrons. The zero-order valence-electron chi connectivity index (χ0n) is 14.8. The predicted molar refractivity (Wildman–Crippen MR) is 97.2 cm³/mol. The number of methoxy groups -OCH3 is 1. The van der Waals surface area contributed by atoms with E-state index in [1.807, 2.05) is 53.0 Å². The van der Waals surface area contributed by atoms with Crippen LogP contribution in [-0.2, 0) is 24.8 Å². The number of benzene rings is 1. The molecule has 1 aromatic heterocycles. The molecule has 0 fully saturated rings. The lowest BCUT2D eigenvalue weighted by atomic mass is 10.1. The number of carbonyl (C=O) groups excluding carboxylic acids is 1. The topological polar surface area (TPSA) is 46.5 Å². The number of aromatic nitrogens is 1. The van der Waals surface area contributed by atoms with Crippen LogP contribution < -0.4 is 5.32 Å². The van der Waals surface area contributed by atoms with Crippen molar-refractivity contribution in [2.75, 3.05) is 25.6 Å². The third-order valence-corrected chi connectivity index (χ3v) is 4.05. The molecule has 0 spiro atoms. The van der Waals surface area contributed by atoms with E-state index >= 15 is 0 Å². The predicted octanol–water partition coefficient (Wildman–Crippen LogP) is 3.66. The first-order valence-corrected chi connectivity index (χ1v) is 8.38. The molecular formula is C19H27N3O2. The molecule has 0 saturated carbocycles. The zero-order valence-corrected chi connectivity index (χ0v) is 14.8. The van der Waals surface area contributed by atoms with Gasteiger partial charge < -0.3 is 19.5 Å². The van der Waals surface area contributed by atoms with Crippen molar-refractivity contribution >= 4 is 11.7 Å². The zero-order chi connectivity index (χ0) is 17.4. The van der Waals surface area contributed by atoms with Gasteiger partial charge in [-0.3, -0.25) is 0 Å². The van der Waals surface area contributed by atoms with Crippen molar-refractivity contribution in [2.24, 2.45) is 7.05 Å². The van der Waals surface area contributed by atoms with Gasteiger partial charge in [0.05, 0.1) is 6.54 Å². The number of carbonyl (C=O) groups is 1. The fourth-order valence-electron chi connectivity index (χ4n) is 2.58. The van der Waals surface area contributed by atoms with Crippen molar-refractivity contribution in [2.45, 2.75) is 26.3 Å². The first-order valence-electron chi connectivity index (χ1n) is 8.38. The molecule has 5 heteroatoms. The van der Waals surface area contributed by atoms with Crippen molar-refractivity contribution < 1.29 is 9.53 Å². The second-order valence-corrected chi connectivity index (χ2v) is 5.86. The fraction of sp³-hybridized carbons (Fsp3) is 0.421. The first-order chi connectivity index (χ1) is 11.6. The normalized spacial score (nSPS) is 10.6. The van der Waals surface area contributed by atoms with Crippen LogP contribution in [0.15, 0.2) is 42.6 Å². The van der Waals surface area contributed by atoms with Gasteiger partial charge in [0.1, 0.15) is 0 Å². The standard InChI is InChI=1S/C19H27N3O2/c1-4-16-8-5-9-17(14-16)20-19(23)22(12-7-13-24-3)15-18-10-6-11-21(18)2/h5-6,8-11,14H,4,7,12-13,15H2,1-3H3,(H,20,23). The minimum Gasteiger partial charge on any atom is -0.385 e. The minimum atomic E-state index is -0.0828. The van der Waals surface area contributed by atoms with Crippen LogP contribution in [0.3, 0.4) is 0 Å². The number of anilines is 1. The van der Waals surface area contributed by atoms with Crippen LogP contribution in [0, 0.1) is 0 Å². The van der Waals surface area contributed by atoms with E-state index in [1.165, 1.54) is 5.56 Å². The number of rotatable bonds is 8. The van der Waals surface area contributed by atoms with Gasteiger partial charge in [-0.1, -0.05) is 19.1 Å². The second kappa shape index (κ2) is 9.13. The summed E-state index contributed by atoms with van der Waals surface area (Å²) in [5.41, 5.74) is 3.15. The van der Waals surface area contributed by atoms with Crippen LogP contribution in [0.25, 0.3) is 0 Å². The molecule has 0 atom stereocenters. The molecular weight excluding hydrogens is 302 g/mol. The Labute approximate surface area is 144 Å². The Morgan fingerprint density at radius 3 is 2.79 bits per heavy atom. The van der Waals surface area contributed by atoms with Gasteiger partial charge in [0, 0.05) is 44.9 Å². The van der Waals surface area contributed by atoms with Crippen molar-refractivity contribution in [3.63, 3.8) is 0 Å². The smallest absolute Gasteiger partial charge is 0.322 e. The summed E-state index contributed by atoms with van der Waals surface area (Å²) in [7, 11) is 3.67. The van der Waals surface area contributed by atoms with Crippen LogP contribution in [0.5, 0.6) is 0 Å². The van der Waals surface area contributed by atoms with Crippen molar-refractivity contribution in [3.05, 3.63) is 53.9 Å². The molecule has 0 aliphatic rings. The Kier molecular flexibility index (Phi) is 6.88. The molecule has 2 rings (SSSR count). The summed E-state index contributed by atoms with van der Waals surface area (Å²) in [6.07, 6.45) is 3.75. The average molecular weight is 329 g/mol. The molecule has 24 heavy (non-hydrogen) atoms. The summed E-state index contributed by atoms with van der Waals surface area (Å²) in [5.74, 6) is 0. The average Bonchev–Trinajstić information content (AvgIpc) is 2.99. The van der Waals surface area contributed by atoms with Gasteiger partial charge in [-0.05, 0) is 42.7 Å². The number of amides is 2. The van der Waals surface area contributed by atoms with E-state index in [2.05, 4.69) is 18.3 Å². The number of ether oxygens (including phenoxy) is 1. The van der Waals surface area contributed by atoms with Gasteiger partial charge in [0.15, 0.2) is 0 Å². The summed E-state index contributed by atoms with van der Waals surface area (Å²) in [6.45, 7) is 3.97. The van der Waals surface area contributed by atoms with E-state index in [0.717, 1.165) is 24.2 Å². The third-order valence-electron chi connectivity index (χ3n) is 4.05. The maximum Gasteiger partial charge on any atom is 0.322 e. The number of nitrogens with one attached hydrogen (secondary N) is 1. The Bertz CT molecular complexity index is 652. The van der Waals surface area contributed by atoms with Crippen molar-refractivity contribution in [3.8, 4) is 0 Å². The number of hydrogen-bond acceptors (Lipinski definition) is 2. The Hall–Kier alpha value is -2.27. The lowest BCUT2D eigenvalue weighted by Crippen LogP contribution is -2.36. The Morgan fingerprint density at radius 2 is 2.12 bits per heavy atom. The van der Waals surface area contributed by atoms with Gasteiger partial charge >= 0.3 is 6.03 Å². The molecule has 1 aromatic carbocycles. The number of aryl methyl sites for hydroxylation is 2. The minimum absolute atomic E-state index is 0.0828. The highest BCUT2D eigenvalue weighted by Crippen LogP contribution is 2.13. The van der Waals surface area contributed by atoms with Crippen LogP contribution in [0.2, 0.25) is 0 Å². The molecule has 0 aliphatic carbocycles. The lowest BCUT2D eigenvalue weighted by molar-refractivity contribution is 0.171. The third kappa shape index (κ3) is 5.13. The first kappa shape index (κ1) is 18.1. The van der Waals surface area contributed by atoms with Crippen molar-refractivity contribution in [1.29, 1.82) is 0 Å². The maximum absolute atomic E-state index is 12.7. The van der Waals surface area contributed by atoms with E-state index < -0.39 is 0 Å². The van der Waals surface area contributed by atoms with E-state index in [-0.39, 0.29) is 6.03 Å². The Morgan fingerprint density at radius 1 is 1.29 bits per heavy atom. The van der Waals surface area contributed by atoms with Gasteiger partial charge in [-0.15, -0.1) is 0 Å². The molecule has 0 aliphatic heterocycles. The highest BCUT2D eigenvalue weighted by Gasteiger charge is 2.15. The molecule has 0 bridgehead atoms. The van der Waals surface area contributed by atoms with Crippen LogP contribution in [-0.4, -0.2) is 35.8 Å². The number of urea groups is 1. The fourth-order valence-corrected chi connectivity index (χ4v) is 2.58. The van der Waals surface area contributed by atoms with E-state index in [1.54, 1.807) is 7.11 Å². The molecule has 2 aromatic rings. The van der Waals surface area contributed by atoms with Gasteiger partial charge in [0.25, 0.3) is 0 Å². The second-order valence-electron chi connectivity index (χ2n) is 5.86. The Balaban J connectivity index is 2.06. The van der Waals surface area contributed by atoms with E-state index in [9.17, 15) is 4.79 Å². The maximum atomic E-state index is 12.7. The molecule has 0 saturated heterocycles. The molecule has 2 amide bonds. The largest absolute Gasteiger partial charge is 0.385 e. The molecule has 5 nitrogen and oxygen atoms in total. The van der Waals surface area contributed by atoms with Crippen LogP contribution >= 0.6 is 0 Å². The molecule has 1 N–H and O–H groups in total. The highest BCUT2D eigenvalue weighted by atomic mass is 16.5. The summed E-state index contributed by atoms with van der Waals surface area (Å²) in [4.78, 5) is 14.5.